The van der Waals surface area contributed by atoms with Crippen LogP contribution in [0.3, 0.4) is 0 Å². The minimum atomic E-state index is 0.000129. The monoisotopic (exact) mass is 402 g/mol. The number of aromatic nitrogens is 1. The van der Waals surface area contributed by atoms with E-state index in [9.17, 15) is 4.79 Å². The van der Waals surface area contributed by atoms with E-state index in [2.05, 4.69) is 37.2 Å². The second kappa shape index (κ2) is 8.45. The van der Waals surface area contributed by atoms with Gasteiger partial charge in [0.2, 0.25) is 0 Å². The van der Waals surface area contributed by atoms with Gasteiger partial charge in [0.15, 0.2) is 5.76 Å². The van der Waals surface area contributed by atoms with E-state index in [-0.39, 0.29) is 5.91 Å². The number of hydrogen-bond acceptors (Lipinski definition) is 4. The number of carbonyl (C=O) groups excluding carboxylic acids is 1. The summed E-state index contributed by atoms with van der Waals surface area (Å²) in [5.74, 6) is 0.726. The molecule has 0 saturated carbocycles. The highest BCUT2D eigenvalue weighted by molar-refractivity contribution is 7.12. The zero-order chi connectivity index (χ0) is 20.2. The van der Waals surface area contributed by atoms with Gasteiger partial charge in [-0.2, -0.15) is 0 Å². The SMILES string of the molecule is Cc1ccc(C)c(-c2cc(CN(Cc3ccccc3)C(=O)c3cccs3)no2)c1. The molecule has 2 heterocycles. The Labute approximate surface area is 174 Å². The molecule has 0 N–H and O–H groups in total. The van der Waals surface area contributed by atoms with Crippen LogP contribution in [0.4, 0.5) is 0 Å². The van der Waals surface area contributed by atoms with Crippen molar-refractivity contribution < 1.29 is 9.32 Å². The molecule has 0 aliphatic heterocycles. The first kappa shape index (κ1) is 19.2. The highest BCUT2D eigenvalue weighted by Crippen LogP contribution is 2.26. The molecule has 1 amide bonds. The van der Waals surface area contributed by atoms with Crippen molar-refractivity contribution in [2.24, 2.45) is 0 Å². The summed E-state index contributed by atoms with van der Waals surface area (Å²) in [6, 6.07) is 21.9. The van der Waals surface area contributed by atoms with Crippen LogP contribution in [0.1, 0.15) is 32.1 Å². The Hall–Kier alpha value is -3.18. The zero-order valence-electron chi connectivity index (χ0n) is 16.5. The maximum atomic E-state index is 13.1. The zero-order valence-corrected chi connectivity index (χ0v) is 17.3. The highest BCUT2D eigenvalue weighted by atomic mass is 32.1. The van der Waals surface area contributed by atoms with Gasteiger partial charge in [-0.1, -0.05) is 59.3 Å². The molecule has 0 radical (unpaired) electrons. The number of amides is 1. The summed E-state index contributed by atoms with van der Waals surface area (Å²) in [7, 11) is 0. The maximum Gasteiger partial charge on any atom is 0.264 e. The molecule has 0 saturated heterocycles. The van der Waals surface area contributed by atoms with Gasteiger partial charge in [-0.05, 0) is 42.5 Å². The molecule has 0 unspecified atom stereocenters. The third kappa shape index (κ3) is 4.46. The molecule has 0 aliphatic rings. The second-order valence-electron chi connectivity index (χ2n) is 7.12. The lowest BCUT2D eigenvalue weighted by molar-refractivity contribution is 0.0731. The Morgan fingerprint density at radius 1 is 1.00 bits per heavy atom. The van der Waals surface area contributed by atoms with Gasteiger partial charge in [-0.15, -0.1) is 11.3 Å². The van der Waals surface area contributed by atoms with Crippen LogP contribution in [0.15, 0.2) is 76.6 Å². The standard InChI is InChI=1S/C24H22N2O2S/c1-17-10-11-18(2)21(13-17)22-14-20(25-28-22)16-26(15-19-7-4-3-5-8-19)24(27)23-9-6-12-29-23/h3-14H,15-16H2,1-2H3. The molecule has 0 fully saturated rings. The fourth-order valence-electron chi connectivity index (χ4n) is 3.27. The van der Waals surface area contributed by atoms with Crippen molar-refractivity contribution in [1.29, 1.82) is 0 Å². The van der Waals surface area contributed by atoms with Crippen molar-refractivity contribution >= 4 is 17.2 Å². The van der Waals surface area contributed by atoms with E-state index >= 15 is 0 Å². The van der Waals surface area contributed by atoms with Crippen LogP contribution < -0.4 is 0 Å². The summed E-state index contributed by atoms with van der Waals surface area (Å²) < 4.78 is 5.62. The van der Waals surface area contributed by atoms with Gasteiger partial charge in [0.25, 0.3) is 5.91 Å². The number of benzene rings is 2. The smallest absolute Gasteiger partial charge is 0.264 e. The third-order valence-corrected chi connectivity index (χ3v) is 5.66. The van der Waals surface area contributed by atoms with Crippen LogP contribution in [0, 0.1) is 13.8 Å². The average Bonchev–Trinajstić information content (AvgIpc) is 3.42. The van der Waals surface area contributed by atoms with E-state index in [4.69, 9.17) is 4.52 Å². The van der Waals surface area contributed by atoms with Gasteiger partial charge < -0.3 is 9.42 Å². The van der Waals surface area contributed by atoms with Gasteiger partial charge in [0, 0.05) is 18.2 Å². The summed E-state index contributed by atoms with van der Waals surface area (Å²) in [5, 5.41) is 6.16. The van der Waals surface area contributed by atoms with Gasteiger partial charge in [0.1, 0.15) is 5.69 Å². The Balaban J connectivity index is 1.60. The molecule has 4 nitrogen and oxygen atoms in total. The van der Waals surface area contributed by atoms with Gasteiger partial charge in [-0.25, -0.2) is 0 Å². The Kier molecular flexibility index (Phi) is 5.58. The molecule has 146 valence electrons. The molecule has 0 bridgehead atoms. The van der Waals surface area contributed by atoms with E-state index in [0.29, 0.717) is 13.1 Å². The van der Waals surface area contributed by atoms with E-state index in [1.165, 1.54) is 16.9 Å². The normalized spacial score (nSPS) is 10.8. The maximum absolute atomic E-state index is 13.1. The lowest BCUT2D eigenvalue weighted by Crippen LogP contribution is -2.29. The minimum absolute atomic E-state index is 0.000129. The van der Waals surface area contributed by atoms with Crippen LogP contribution in [0.5, 0.6) is 0 Å². The summed E-state index contributed by atoms with van der Waals surface area (Å²) in [4.78, 5) is 15.6. The molecule has 2 aromatic carbocycles. The van der Waals surface area contributed by atoms with Crippen LogP contribution in [0.2, 0.25) is 0 Å². The predicted molar refractivity (Wildman–Crippen MR) is 116 cm³/mol. The first-order valence-corrected chi connectivity index (χ1v) is 10.4. The van der Waals surface area contributed by atoms with Crippen molar-refractivity contribution in [3.05, 3.63) is 99.4 Å². The second-order valence-corrected chi connectivity index (χ2v) is 8.07. The minimum Gasteiger partial charge on any atom is -0.356 e. The van der Waals surface area contributed by atoms with Gasteiger partial charge in [-0.3, -0.25) is 4.79 Å². The van der Waals surface area contributed by atoms with Gasteiger partial charge >= 0.3 is 0 Å². The Morgan fingerprint density at radius 2 is 1.83 bits per heavy atom. The fraction of sp³-hybridized carbons (Fsp3) is 0.167. The Bertz CT molecular complexity index is 1100. The number of thiophene rings is 1. The molecule has 0 atom stereocenters. The topological polar surface area (TPSA) is 46.3 Å². The van der Waals surface area contributed by atoms with Gasteiger partial charge in [0.05, 0.1) is 11.4 Å². The number of carbonyl (C=O) groups is 1. The highest BCUT2D eigenvalue weighted by Gasteiger charge is 2.20. The third-order valence-electron chi connectivity index (χ3n) is 4.81. The molecule has 29 heavy (non-hydrogen) atoms. The molecule has 2 aromatic heterocycles. The summed E-state index contributed by atoms with van der Waals surface area (Å²) in [6.07, 6.45) is 0. The summed E-state index contributed by atoms with van der Waals surface area (Å²) in [5.41, 5.74) is 5.15. The predicted octanol–water partition coefficient (Wildman–Crippen LogP) is 5.86. The van der Waals surface area contributed by atoms with Crippen molar-refractivity contribution in [1.82, 2.24) is 10.1 Å². The van der Waals surface area contributed by atoms with Crippen molar-refractivity contribution in [2.45, 2.75) is 26.9 Å². The summed E-state index contributed by atoms with van der Waals surface area (Å²) in [6.45, 7) is 5.02. The van der Waals surface area contributed by atoms with Crippen LogP contribution in [-0.2, 0) is 13.1 Å². The average molecular weight is 403 g/mol. The lowest BCUT2D eigenvalue weighted by Gasteiger charge is -2.21. The van der Waals surface area contributed by atoms with Crippen LogP contribution in [-0.4, -0.2) is 16.0 Å². The molecule has 0 spiro atoms. The van der Waals surface area contributed by atoms with E-state index in [1.54, 1.807) is 0 Å². The largest absolute Gasteiger partial charge is 0.356 e. The number of aryl methyl sites for hydroxylation is 2. The molecule has 0 aliphatic carbocycles. The molecule has 4 rings (SSSR count). The van der Waals surface area contributed by atoms with E-state index < -0.39 is 0 Å². The van der Waals surface area contributed by atoms with E-state index in [0.717, 1.165) is 33.0 Å². The van der Waals surface area contributed by atoms with Crippen LogP contribution >= 0.6 is 11.3 Å². The molecular formula is C24H22N2O2S. The molecular weight excluding hydrogens is 380 g/mol. The van der Waals surface area contributed by atoms with Crippen molar-refractivity contribution in [3.8, 4) is 11.3 Å². The Morgan fingerprint density at radius 3 is 2.59 bits per heavy atom. The molecule has 4 aromatic rings. The summed E-state index contributed by atoms with van der Waals surface area (Å²) >= 11 is 1.45. The number of rotatable bonds is 6. The van der Waals surface area contributed by atoms with Crippen molar-refractivity contribution in [3.63, 3.8) is 0 Å². The first-order valence-electron chi connectivity index (χ1n) is 9.50. The molecule has 5 heteroatoms. The van der Waals surface area contributed by atoms with Crippen LogP contribution in [0.25, 0.3) is 11.3 Å². The fourth-order valence-corrected chi connectivity index (χ4v) is 3.96. The number of hydrogen-bond donors (Lipinski definition) is 0. The van der Waals surface area contributed by atoms with E-state index in [1.807, 2.05) is 58.8 Å². The first-order chi connectivity index (χ1) is 14.1. The quantitative estimate of drug-likeness (QED) is 0.406. The lowest BCUT2D eigenvalue weighted by atomic mass is 10.0. The number of nitrogens with zero attached hydrogens (tertiary/aromatic N) is 2. The van der Waals surface area contributed by atoms with Crippen molar-refractivity contribution in [2.75, 3.05) is 0 Å².